The van der Waals surface area contributed by atoms with Gasteiger partial charge in [-0.25, -0.2) is 9.79 Å². The number of nitrogens with zero attached hydrogens (tertiary/aromatic N) is 1. The Balaban J connectivity index is 1.93. The predicted octanol–water partition coefficient (Wildman–Crippen LogP) is 4.77. The summed E-state index contributed by atoms with van der Waals surface area (Å²) in [4.78, 5) is 15.8. The number of aliphatic hydroxyl groups excluding tert-OH is 1. The summed E-state index contributed by atoms with van der Waals surface area (Å²) in [5, 5.41) is 10.2. The second-order valence-corrected chi connectivity index (χ2v) is 5.72. The number of esters is 1. The fourth-order valence-corrected chi connectivity index (χ4v) is 2.61. The van der Waals surface area contributed by atoms with Gasteiger partial charge in [0.25, 0.3) is 0 Å². The van der Waals surface area contributed by atoms with E-state index in [0.29, 0.717) is 0 Å². The number of hydrogen-bond donors (Lipinski definition) is 1. The summed E-state index contributed by atoms with van der Waals surface area (Å²) in [6.07, 6.45) is -3.07. The molecule has 140 valence electrons. The van der Waals surface area contributed by atoms with E-state index in [-0.39, 0.29) is 39.8 Å². The molecule has 0 spiro atoms. The average molecular weight is 377 g/mol. The molecule has 2 aromatic rings. The third kappa shape index (κ3) is 3.64. The summed E-state index contributed by atoms with van der Waals surface area (Å²) in [5.74, 6) is -0.590. The molecule has 1 aliphatic rings. The van der Waals surface area contributed by atoms with Crippen molar-refractivity contribution in [1.82, 2.24) is 0 Å². The smallest absolute Gasteiger partial charge is 0.416 e. The van der Waals surface area contributed by atoms with E-state index in [1.807, 2.05) is 0 Å². The number of furan rings is 1. The van der Waals surface area contributed by atoms with Gasteiger partial charge in [0.15, 0.2) is 5.76 Å². The standard InChI is InChI=1S/C19H14F3NO4/c1-10-16(18(25)26-2)17(24)14(23-10)9-13-6-7-15(27-13)11-4-3-5-12(8-11)19(20,21)22/h3-9,24H,1-2H3. The number of carbonyl (C=O) groups excluding carboxylic acids is 1. The molecule has 0 atom stereocenters. The number of halogens is 3. The summed E-state index contributed by atoms with van der Waals surface area (Å²) in [6, 6.07) is 7.78. The van der Waals surface area contributed by atoms with E-state index in [1.165, 1.54) is 37.5 Å². The van der Waals surface area contributed by atoms with Crippen LogP contribution in [0.1, 0.15) is 18.2 Å². The lowest BCUT2D eigenvalue weighted by atomic mass is 10.1. The van der Waals surface area contributed by atoms with Crippen LogP contribution in [0, 0.1) is 0 Å². The molecule has 27 heavy (non-hydrogen) atoms. The normalized spacial score (nSPS) is 16.0. The molecule has 5 nitrogen and oxygen atoms in total. The van der Waals surface area contributed by atoms with Crippen molar-refractivity contribution in [1.29, 1.82) is 0 Å². The number of benzene rings is 1. The Labute approximate surface area is 152 Å². The van der Waals surface area contributed by atoms with Crippen LogP contribution >= 0.6 is 0 Å². The quantitative estimate of drug-likeness (QED) is 0.783. The molecule has 0 saturated heterocycles. The highest BCUT2D eigenvalue weighted by molar-refractivity contribution is 6.21. The number of hydrogen-bond acceptors (Lipinski definition) is 5. The average Bonchev–Trinajstić information content (AvgIpc) is 3.19. The van der Waals surface area contributed by atoms with Crippen LogP contribution in [0.25, 0.3) is 17.4 Å². The van der Waals surface area contributed by atoms with Crippen LogP contribution in [-0.2, 0) is 15.7 Å². The van der Waals surface area contributed by atoms with Gasteiger partial charge < -0.3 is 14.3 Å². The summed E-state index contributed by atoms with van der Waals surface area (Å²) < 4.78 is 48.7. The number of alkyl halides is 3. The molecular weight excluding hydrogens is 363 g/mol. The topological polar surface area (TPSA) is 72.0 Å². The van der Waals surface area contributed by atoms with E-state index in [0.717, 1.165) is 12.1 Å². The molecule has 1 aromatic carbocycles. The van der Waals surface area contributed by atoms with Gasteiger partial charge in [0, 0.05) is 11.6 Å². The van der Waals surface area contributed by atoms with Crippen LogP contribution in [0.4, 0.5) is 13.2 Å². The SMILES string of the molecule is COC(=O)C1=C(O)C(=Cc2ccc(-c3cccc(C(F)(F)F)c3)o2)N=C1C. The first-order valence-corrected chi connectivity index (χ1v) is 7.77. The van der Waals surface area contributed by atoms with Crippen LogP contribution in [0.3, 0.4) is 0 Å². The molecule has 1 N–H and O–H groups in total. The minimum Gasteiger partial charge on any atom is -0.505 e. The maximum Gasteiger partial charge on any atom is 0.416 e. The first kappa shape index (κ1) is 18.5. The van der Waals surface area contributed by atoms with Crippen LogP contribution in [0.15, 0.2) is 62.8 Å². The fourth-order valence-electron chi connectivity index (χ4n) is 2.61. The van der Waals surface area contributed by atoms with Crippen LogP contribution < -0.4 is 0 Å². The van der Waals surface area contributed by atoms with Crippen molar-refractivity contribution >= 4 is 17.8 Å². The molecule has 0 saturated carbocycles. The van der Waals surface area contributed by atoms with E-state index in [9.17, 15) is 23.1 Å². The summed E-state index contributed by atoms with van der Waals surface area (Å²) in [7, 11) is 1.19. The van der Waals surface area contributed by atoms with Crippen molar-refractivity contribution in [2.45, 2.75) is 13.1 Å². The minimum absolute atomic E-state index is 0.0478. The number of methoxy groups -OCH3 is 1. The number of rotatable bonds is 3. The van der Waals surface area contributed by atoms with Crippen molar-refractivity contribution in [2.24, 2.45) is 4.99 Å². The van der Waals surface area contributed by atoms with Crippen LogP contribution in [0.2, 0.25) is 0 Å². The lowest BCUT2D eigenvalue weighted by Crippen LogP contribution is -2.11. The fraction of sp³-hybridized carbons (Fsp3) is 0.158. The highest BCUT2D eigenvalue weighted by Crippen LogP contribution is 2.33. The van der Waals surface area contributed by atoms with Crippen molar-refractivity contribution < 1.29 is 32.2 Å². The molecule has 0 aliphatic carbocycles. The van der Waals surface area contributed by atoms with Crippen molar-refractivity contribution in [3.05, 3.63) is 64.8 Å². The zero-order valence-electron chi connectivity index (χ0n) is 14.3. The minimum atomic E-state index is -4.45. The van der Waals surface area contributed by atoms with E-state index in [4.69, 9.17) is 4.42 Å². The van der Waals surface area contributed by atoms with Gasteiger partial charge in [0.05, 0.1) is 18.4 Å². The summed E-state index contributed by atoms with van der Waals surface area (Å²) in [5.41, 5.74) is -0.187. The highest BCUT2D eigenvalue weighted by Gasteiger charge is 2.31. The second-order valence-electron chi connectivity index (χ2n) is 5.72. The zero-order valence-corrected chi connectivity index (χ0v) is 14.3. The Morgan fingerprint density at radius 2 is 2.00 bits per heavy atom. The molecule has 2 heterocycles. The Hall–Kier alpha value is -3.29. The molecule has 0 amide bonds. The second kappa shape index (κ2) is 6.79. The van der Waals surface area contributed by atoms with Gasteiger partial charge in [0.2, 0.25) is 0 Å². The Morgan fingerprint density at radius 1 is 1.26 bits per heavy atom. The monoisotopic (exact) mass is 377 g/mol. The van der Waals surface area contributed by atoms with Crippen LogP contribution in [0.5, 0.6) is 0 Å². The van der Waals surface area contributed by atoms with Crippen molar-refractivity contribution in [2.75, 3.05) is 7.11 Å². The Morgan fingerprint density at radius 3 is 2.67 bits per heavy atom. The van der Waals surface area contributed by atoms with E-state index in [1.54, 1.807) is 6.92 Å². The molecule has 0 radical (unpaired) electrons. The maximum atomic E-state index is 12.8. The third-order valence-electron chi connectivity index (χ3n) is 3.90. The molecular formula is C19H14F3NO4. The molecule has 0 unspecified atom stereocenters. The van der Waals surface area contributed by atoms with Crippen molar-refractivity contribution in [3.8, 4) is 11.3 Å². The Kier molecular flexibility index (Phi) is 4.65. The van der Waals surface area contributed by atoms with Crippen molar-refractivity contribution in [3.63, 3.8) is 0 Å². The first-order valence-electron chi connectivity index (χ1n) is 7.77. The lowest BCUT2D eigenvalue weighted by Gasteiger charge is -2.07. The molecule has 0 bridgehead atoms. The lowest BCUT2D eigenvalue weighted by molar-refractivity contribution is -0.137. The maximum absolute atomic E-state index is 12.8. The molecule has 0 fully saturated rings. The predicted molar refractivity (Wildman–Crippen MR) is 91.9 cm³/mol. The van der Waals surface area contributed by atoms with Gasteiger partial charge in [0.1, 0.15) is 22.8 Å². The van der Waals surface area contributed by atoms with Gasteiger partial charge in [-0.1, -0.05) is 12.1 Å². The van der Waals surface area contributed by atoms with E-state index < -0.39 is 17.7 Å². The van der Waals surface area contributed by atoms with E-state index in [2.05, 4.69) is 9.73 Å². The molecule has 1 aliphatic heterocycles. The van der Waals surface area contributed by atoms with E-state index >= 15 is 0 Å². The van der Waals surface area contributed by atoms with Gasteiger partial charge in [-0.2, -0.15) is 13.2 Å². The zero-order chi connectivity index (χ0) is 19.8. The third-order valence-corrected chi connectivity index (χ3v) is 3.90. The van der Waals surface area contributed by atoms with Gasteiger partial charge in [-0.15, -0.1) is 0 Å². The largest absolute Gasteiger partial charge is 0.505 e. The number of carbonyl (C=O) groups is 1. The highest BCUT2D eigenvalue weighted by atomic mass is 19.4. The van der Waals surface area contributed by atoms with Gasteiger partial charge in [-0.3, -0.25) is 0 Å². The number of aliphatic hydroxyl groups is 1. The number of aliphatic imine (C=N–C) groups is 1. The van der Waals surface area contributed by atoms with Crippen LogP contribution in [-0.4, -0.2) is 23.9 Å². The summed E-state index contributed by atoms with van der Waals surface area (Å²) in [6.45, 7) is 1.54. The number of ether oxygens (including phenoxy) is 1. The molecule has 1 aromatic heterocycles. The van der Waals surface area contributed by atoms with Gasteiger partial charge >= 0.3 is 12.1 Å². The summed E-state index contributed by atoms with van der Waals surface area (Å²) >= 11 is 0. The Bertz CT molecular complexity index is 996. The molecule has 3 rings (SSSR count). The van der Waals surface area contributed by atoms with Gasteiger partial charge in [-0.05, 0) is 31.2 Å². The first-order chi connectivity index (χ1) is 12.7. The molecule has 8 heteroatoms.